The van der Waals surface area contributed by atoms with E-state index in [1.807, 2.05) is 23.1 Å². The highest BCUT2D eigenvalue weighted by Gasteiger charge is 2.42. The molecule has 0 saturated carbocycles. The molecule has 3 heteroatoms. The van der Waals surface area contributed by atoms with Crippen molar-refractivity contribution < 1.29 is 9.53 Å². The van der Waals surface area contributed by atoms with Gasteiger partial charge in [0.05, 0.1) is 5.60 Å². The fourth-order valence-electron chi connectivity index (χ4n) is 4.37. The first-order valence-corrected chi connectivity index (χ1v) is 9.89. The minimum Gasteiger partial charge on any atom is -0.376 e. The number of benzene rings is 2. The van der Waals surface area contributed by atoms with Gasteiger partial charge in [0, 0.05) is 32.0 Å². The lowest BCUT2D eigenvalue weighted by molar-refractivity contribution is -0.130. The van der Waals surface area contributed by atoms with Crippen molar-refractivity contribution in [2.45, 2.75) is 57.6 Å². The van der Waals surface area contributed by atoms with Gasteiger partial charge in [-0.2, -0.15) is 0 Å². The van der Waals surface area contributed by atoms with Gasteiger partial charge >= 0.3 is 0 Å². The summed E-state index contributed by atoms with van der Waals surface area (Å²) in [6.07, 6.45) is 2.93. The lowest BCUT2D eigenvalue weighted by atomic mass is 9.67. The Morgan fingerprint density at radius 2 is 1.67 bits per heavy atom. The molecule has 0 bridgehead atoms. The van der Waals surface area contributed by atoms with Crippen molar-refractivity contribution in [1.82, 2.24) is 4.90 Å². The third kappa shape index (κ3) is 4.98. The van der Waals surface area contributed by atoms with Crippen molar-refractivity contribution in [2.75, 3.05) is 13.2 Å². The van der Waals surface area contributed by atoms with Crippen LogP contribution in [-0.2, 0) is 21.5 Å². The Labute approximate surface area is 163 Å². The first-order chi connectivity index (χ1) is 12.9. The average molecular weight is 366 g/mol. The van der Waals surface area contributed by atoms with Gasteiger partial charge in [-0.25, -0.2) is 0 Å². The Bertz CT molecular complexity index is 741. The van der Waals surface area contributed by atoms with Crippen LogP contribution >= 0.6 is 0 Å². The van der Waals surface area contributed by atoms with Crippen molar-refractivity contribution in [1.29, 1.82) is 0 Å². The average Bonchev–Trinajstić information content (AvgIpc) is 2.65. The van der Waals surface area contributed by atoms with Gasteiger partial charge in [-0.3, -0.25) is 4.79 Å². The lowest BCUT2D eigenvalue weighted by Gasteiger charge is -2.46. The highest BCUT2D eigenvalue weighted by atomic mass is 16.5. The zero-order valence-corrected chi connectivity index (χ0v) is 16.8. The van der Waals surface area contributed by atoms with Crippen LogP contribution in [0.5, 0.6) is 0 Å². The number of rotatable bonds is 6. The monoisotopic (exact) mass is 365 g/mol. The van der Waals surface area contributed by atoms with Gasteiger partial charge in [0.25, 0.3) is 0 Å². The Morgan fingerprint density at radius 3 is 2.26 bits per heavy atom. The van der Waals surface area contributed by atoms with Crippen LogP contribution in [0, 0.1) is 0 Å². The molecule has 0 spiro atoms. The van der Waals surface area contributed by atoms with Crippen LogP contribution in [-0.4, -0.2) is 29.6 Å². The minimum atomic E-state index is -0.144. The zero-order chi connectivity index (χ0) is 19.3. The summed E-state index contributed by atoms with van der Waals surface area (Å²) in [5, 5.41) is 0. The smallest absolute Gasteiger partial charge is 0.219 e. The van der Waals surface area contributed by atoms with Gasteiger partial charge in [-0.1, -0.05) is 60.7 Å². The van der Waals surface area contributed by atoms with Crippen molar-refractivity contribution in [3.05, 3.63) is 71.8 Å². The molecule has 144 valence electrons. The summed E-state index contributed by atoms with van der Waals surface area (Å²) in [4.78, 5) is 14.3. The molecule has 1 heterocycles. The van der Waals surface area contributed by atoms with E-state index in [2.05, 4.69) is 56.3 Å². The van der Waals surface area contributed by atoms with E-state index in [0.29, 0.717) is 6.54 Å². The fourth-order valence-corrected chi connectivity index (χ4v) is 4.37. The Balaban J connectivity index is 1.80. The molecule has 2 aromatic rings. The van der Waals surface area contributed by atoms with E-state index in [1.165, 1.54) is 11.1 Å². The minimum absolute atomic E-state index is 0.0490. The van der Waals surface area contributed by atoms with Gasteiger partial charge in [0.2, 0.25) is 5.91 Å². The predicted octanol–water partition coefficient (Wildman–Crippen LogP) is 4.95. The van der Waals surface area contributed by atoms with Crippen LogP contribution < -0.4 is 0 Å². The van der Waals surface area contributed by atoms with E-state index >= 15 is 0 Å². The second kappa shape index (κ2) is 8.26. The molecule has 1 unspecified atom stereocenters. The first-order valence-electron chi connectivity index (χ1n) is 9.89. The number of nitrogens with zero attached hydrogens (tertiary/aromatic N) is 1. The van der Waals surface area contributed by atoms with Crippen molar-refractivity contribution in [3.8, 4) is 0 Å². The third-order valence-electron chi connectivity index (χ3n) is 5.75. The van der Waals surface area contributed by atoms with E-state index in [1.54, 1.807) is 6.92 Å². The van der Waals surface area contributed by atoms with E-state index in [9.17, 15) is 4.79 Å². The van der Waals surface area contributed by atoms with Crippen molar-refractivity contribution in [3.63, 3.8) is 0 Å². The molecule has 1 atom stereocenters. The predicted molar refractivity (Wildman–Crippen MR) is 110 cm³/mol. The quantitative estimate of drug-likeness (QED) is 0.725. The number of carbonyl (C=O) groups is 1. The molecule has 1 fully saturated rings. The molecule has 1 saturated heterocycles. The maximum absolute atomic E-state index is 12.3. The molecule has 0 aliphatic carbocycles. The summed E-state index contributed by atoms with van der Waals surface area (Å²) in [5.41, 5.74) is 2.44. The number of carbonyl (C=O) groups excluding carboxylic acids is 1. The molecule has 27 heavy (non-hydrogen) atoms. The molecule has 0 aromatic heterocycles. The summed E-state index contributed by atoms with van der Waals surface area (Å²) in [7, 11) is 0. The molecule has 3 rings (SSSR count). The lowest BCUT2D eigenvalue weighted by Crippen LogP contribution is -2.46. The molecule has 1 amide bonds. The van der Waals surface area contributed by atoms with Crippen molar-refractivity contribution >= 4 is 5.91 Å². The van der Waals surface area contributed by atoms with Gasteiger partial charge in [-0.05, 0) is 44.2 Å². The number of ether oxygens (including phenoxy) is 1. The van der Waals surface area contributed by atoms with Gasteiger partial charge in [0.15, 0.2) is 0 Å². The molecule has 1 aliphatic heterocycles. The molecular weight excluding hydrogens is 334 g/mol. The van der Waals surface area contributed by atoms with Crippen LogP contribution in [0.3, 0.4) is 0 Å². The fraction of sp³-hybridized carbons (Fsp3) is 0.458. The van der Waals surface area contributed by atoms with Crippen LogP contribution in [0.15, 0.2) is 60.7 Å². The van der Waals surface area contributed by atoms with Gasteiger partial charge in [-0.15, -0.1) is 0 Å². The molecule has 0 radical (unpaired) electrons. The number of hydrogen-bond acceptors (Lipinski definition) is 2. The SMILES string of the molecule is CC(=O)N(CCC1(c2ccccc2)CCOC(C)(C)C1)Cc1ccccc1. The Morgan fingerprint density at radius 1 is 1.04 bits per heavy atom. The van der Waals surface area contributed by atoms with Crippen LogP contribution in [0.2, 0.25) is 0 Å². The number of hydrogen-bond donors (Lipinski definition) is 0. The highest BCUT2D eigenvalue weighted by molar-refractivity contribution is 5.73. The Hall–Kier alpha value is -2.13. The largest absolute Gasteiger partial charge is 0.376 e. The summed E-state index contributed by atoms with van der Waals surface area (Å²) in [6.45, 7) is 8.22. The van der Waals surface area contributed by atoms with E-state index < -0.39 is 0 Å². The standard InChI is InChI=1S/C24H31NO2/c1-20(26)25(18-21-10-6-4-7-11-21)16-14-24(22-12-8-5-9-13-22)15-17-27-23(2,3)19-24/h4-13H,14-19H2,1-3H3. The molecule has 2 aromatic carbocycles. The zero-order valence-electron chi connectivity index (χ0n) is 16.8. The van der Waals surface area contributed by atoms with E-state index in [0.717, 1.165) is 32.4 Å². The molecular formula is C24H31NO2. The normalized spacial score (nSPS) is 21.6. The van der Waals surface area contributed by atoms with Crippen LogP contribution in [0.25, 0.3) is 0 Å². The maximum Gasteiger partial charge on any atom is 0.219 e. The maximum atomic E-state index is 12.3. The van der Waals surface area contributed by atoms with E-state index in [4.69, 9.17) is 4.74 Å². The first kappa shape index (κ1) is 19.6. The summed E-state index contributed by atoms with van der Waals surface area (Å²) < 4.78 is 6.01. The molecule has 0 N–H and O–H groups in total. The van der Waals surface area contributed by atoms with Crippen LogP contribution in [0.4, 0.5) is 0 Å². The second-order valence-corrected chi connectivity index (χ2v) is 8.36. The Kier molecular flexibility index (Phi) is 6.01. The van der Waals surface area contributed by atoms with Crippen LogP contribution in [0.1, 0.15) is 51.2 Å². The topological polar surface area (TPSA) is 29.5 Å². The summed E-state index contributed by atoms with van der Waals surface area (Å²) >= 11 is 0. The van der Waals surface area contributed by atoms with Gasteiger partial charge < -0.3 is 9.64 Å². The molecule has 1 aliphatic rings. The van der Waals surface area contributed by atoms with E-state index in [-0.39, 0.29) is 16.9 Å². The number of amides is 1. The summed E-state index contributed by atoms with van der Waals surface area (Å²) in [5.74, 6) is 0.133. The summed E-state index contributed by atoms with van der Waals surface area (Å²) in [6, 6.07) is 21.0. The van der Waals surface area contributed by atoms with Crippen molar-refractivity contribution in [2.24, 2.45) is 0 Å². The highest BCUT2D eigenvalue weighted by Crippen LogP contribution is 2.44. The molecule has 3 nitrogen and oxygen atoms in total. The van der Waals surface area contributed by atoms with Gasteiger partial charge in [0.1, 0.15) is 0 Å². The second-order valence-electron chi connectivity index (χ2n) is 8.36. The third-order valence-corrected chi connectivity index (χ3v) is 5.75.